The van der Waals surface area contributed by atoms with Crippen molar-refractivity contribution in [2.24, 2.45) is 0 Å². The summed E-state index contributed by atoms with van der Waals surface area (Å²) in [6.07, 6.45) is 7.47. The predicted molar refractivity (Wildman–Crippen MR) is 92.9 cm³/mol. The number of ether oxygens (including phenoxy) is 1. The molecular weight excluding hydrogens is 334 g/mol. The Kier molecular flexibility index (Phi) is 5.01. The second-order valence-electron chi connectivity index (χ2n) is 7.07. The summed E-state index contributed by atoms with van der Waals surface area (Å²) in [6.45, 7) is 2.87. The van der Waals surface area contributed by atoms with E-state index in [1.165, 1.54) is 0 Å². The molecule has 4 heterocycles. The molecule has 0 bridgehead atoms. The molecule has 1 fully saturated rings. The van der Waals surface area contributed by atoms with Crippen LogP contribution in [0.2, 0.25) is 0 Å². The highest BCUT2D eigenvalue weighted by molar-refractivity contribution is 5.95. The summed E-state index contributed by atoms with van der Waals surface area (Å²) >= 11 is 0. The monoisotopic (exact) mass is 359 g/mol. The fraction of sp³-hybridized carbons (Fsp3) is 0.667. The zero-order chi connectivity index (χ0) is 17.9. The van der Waals surface area contributed by atoms with E-state index in [1.807, 2.05) is 9.58 Å². The molecule has 0 N–H and O–H groups in total. The van der Waals surface area contributed by atoms with Crippen molar-refractivity contribution < 1.29 is 14.1 Å². The van der Waals surface area contributed by atoms with Crippen LogP contribution in [0.15, 0.2) is 10.7 Å². The van der Waals surface area contributed by atoms with Gasteiger partial charge in [-0.05, 0) is 32.1 Å². The largest absolute Gasteiger partial charge is 0.384 e. The number of hydrogen-bond donors (Lipinski definition) is 0. The maximum Gasteiger partial charge on any atom is 0.257 e. The molecule has 2 aliphatic heterocycles. The minimum atomic E-state index is 0.0805. The van der Waals surface area contributed by atoms with Crippen molar-refractivity contribution in [3.8, 4) is 0 Å². The molecule has 26 heavy (non-hydrogen) atoms. The lowest BCUT2D eigenvalue weighted by molar-refractivity contribution is 0.0694. The summed E-state index contributed by atoms with van der Waals surface area (Å²) in [5.74, 6) is 1.47. The van der Waals surface area contributed by atoms with Gasteiger partial charge in [0.2, 0.25) is 5.89 Å². The van der Waals surface area contributed by atoms with Gasteiger partial charge in [0.25, 0.3) is 5.91 Å². The SMILES string of the molecule is COCCc1noc(C2CCCN(C(=O)c3cnn4c3CCCC4)C2)n1. The Morgan fingerprint density at radius 2 is 2.27 bits per heavy atom. The van der Waals surface area contributed by atoms with Gasteiger partial charge in [-0.15, -0.1) is 0 Å². The van der Waals surface area contributed by atoms with E-state index in [-0.39, 0.29) is 11.8 Å². The average Bonchev–Trinajstić information content (AvgIpc) is 3.33. The number of amides is 1. The van der Waals surface area contributed by atoms with E-state index in [2.05, 4.69) is 15.2 Å². The molecule has 140 valence electrons. The number of piperidine rings is 1. The summed E-state index contributed by atoms with van der Waals surface area (Å²) in [5.41, 5.74) is 1.85. The van der Waals surface area contributed by atoms with Gasteiger partial charge >= 0.3 is 0 Å². The molecule has 0 saturated carbocycles. The zero-order valence-corrected chi connectivity index (χ0v) is 15.2. The van der Waals surface area contributed by atoms with Gasteiger partial charge in [-0.1, -0.05) is 5.16 Å². The van der Waals surface area contributed by atoms with Crippen molar-refractivity contribution in [1.82, 2.24) is 24.8 Å². The first-order valence-electron chi connectivity index (χ1n) is 9.41. The van der Waals surface area contributed by atoms with E-state index in [4.69, 9.17) is 9.26 Å². The van der Waals surface area contributed by atoms with Crippen LogP contribution in [0.1, 0.15) is 59.4 Å². The highest BCUT2D eigenvalue weighted by Crippen LogP contribution is 2.28. The van der Waals surface area contributed by atoms with Gasteiger partial charge in [0.1, 0.15) is 0 Å². The number of carbonyl (C=O) groups is 1. The summed E-state index contributed by atoms with van der Waals surface area (Å²) < 4.78 is 12.5. The van der Waals surface area contributed by atoms with E-state index < -0.39 is 0 Å². The lowest BCUT2D eigenvalue weighted by Gasteiger charge is -2.31. The minimum absolute atomic E-state index is 0.0805. The number of hydrogen-bond acceptors (Lipinski definition) is 6. The third-order valence-corrected chi connectivity index (χ3v) is 5.28. The fourth-order valence-corrected chi connectivity index (χ4v) is 3.86. The van der Waals surface area contributed by atoms with Crippen molar-refractivity contribution in [2.45, 2.75) is 51.0 Å². The summed E-state index contributed by atoms with van der Waals surface area (Å²) in [6, 6.07) is 0. The van der Waals surface area contributed by atoms with Gasteiger partial charge in [0.05, 0.1) is 30.0 Å². The van der Waals surface area contributed by atoms with E-state index in [9.17, 15) is 4.79 Å². The first-order chi connectivity index (χ1) is 12.8. The van der Waals surface area contributed by atoms with Crippen molar-refractivity contribution in [3.05, 3.63) is 29.2 Å². The van der Waals surface area contributed by atoms with Crippen LogP contribution in [0, 0.1) is 0 Å². The van der Waals surface area contributed by atoms with Crippen molar-refractivity contribution >= 4 is 5.91 Å². The van der Waals surface area contributed by atoms with Gasteiger partial charge < -0.3 is 14.2 Å². The predicted octanol–water partition coefficient (Wildman–Crippen LogP) is 1.81. The maximum absolute atomic E-state index is 13.0. The van der Waals surface area contributed by atoms with Crippen LogP contribution >= 0.6 is 0 Å². The molecule has 0 aromatic carbocycles. The molecular formula is C18H25N5O3. The first kappa shape index (κ1) is 17.2. The molecule has 1 unspecified atom stereocenters. The zero-order valence-electron chi connectivity index (χ0n) is 15.2. The Morgan fingerprint density at radius 3 is 3.15 bits per heavy atom. The van der Waals surface area contributed by atoms with Crippen LogP contribution in [0.3, 0.4) is 0 Å². The number of nitrogens with zero attached hydrogens (tertiary/aromatic N) is 5. The number of methoxy groups -OCH3 is 1. The van der Waals surface area contributed by atoms with Gasteiger partial charge in [-0.25, -0.2) is 0 Å². The van der Waals surface area contributed by atoms with E-state index in [0.717, 1.165) is 56.5 Å². The number of likely N-dealkylation sites (tertiary alicyclic amines) is 1. The van der Waals surface area contributed by atoms with Gasteiger partial charge in [-0.3, -0.25) is 9.48 Å². The second kappa shape index (κ2) is 7.57. The Bertz CT molecular complexity index is 769. The lowest BCUT2D eigenvalue weighted by atomic mass is 9.97. The molecule has 2 aromatic heterocycles. The Labute approximate surface area is 152 Å². The highest BCUT2D eigenvalue weighted by Gasteiger charge is 2.31. The van der Waals surface area contributed by atoms with Gasteiger partial charge in [0.15, 0.2) is 5.82 Å². The third kappa shape index (κ3) is 3.38. The molecule has 0 spiro atoms. The Balaban J connectivity index is 1.45. The molecule has 1 atom stereocenters. The number of carbonyl (C=O) groups excluding carboxylic acids is 1. The van der Waals surface area contributed by atoms with Crippen LogP contribution in [-0.4, -0.2) is 57.5 Å². The topological polar surface area (TPSA) is 86.3 Å². The summed E-state index contributed by atoms with van der Waals surface area (Å²) in [5, 5.41) is 8.42. The van der Waals surface area contributed by atoms with Gasteiger partial charge in [0, 0.05) is 33.2 Å². The molecule has 4 rings (SSSR count). The lowest BCUT2D eigenvalue weighted by Crippen LogP contribution is -2.39. The maximum atomic E-state index is 13.0. The molecule has 2 aromatic rings. The number of aromatic nitrogens is 4. The molecule has 8 nitrogen and oxygen atoms in total. The Morgan fingerprint density at radius 1 is 1.35 bits per heavy atom. The van der Waals surface area contributed by atoms with E-state index >= 15 is 0 Å². The van der Waals surface area contributed by atoms with Crippen molar-refractivity contribution in [3.63, 3.8) is 0 Å². The molecule has 0 radical (unpaired) electrons. The van der Waals surface area contributed by atoms with E-state index in [1.54, 1.807) is 13.3 Å². The van der Waals surface area contributed by atoms with Crippen molar-refractivity contribution in [2.75, 3.05) is 26.8 Å². The normalized spacial score (nSPS) is 20.2. The molecule has 8 heteroatoms. The minimum Gasteiger partial charge on any atom is -0.384 e. The quantitative estimate of drug-likeness (QED) is 0.809. The molecule has 1 saturated heterocycles. The van der Waals surface area contributed by atoms with E-state index in [0.29, 0.717) is 31.3 Å². The van der Waals surface area contributed by atoms with Crippen LogP contribution in [0.4, 0.5) is 0 Å². The van der Waals surface area contributed by atoms with Crippen LogP contribution < -0.4 is 0 Å². The standard InChI is InChI=1S/C18H25N5O3/c1-25-10-7-16-20-17(26-21-16)13-5-4-8-22(12-13)18(24)14-11-19-23-9-3-2-6-15(14)23/h11,13H,2-10,12H2,1H3. The number of fused-ring (bicyclic) bond motifs is 1. The third-order valence-electron chi connectivity index (χ3n) is 5.28. The van der Waals surface area contributed by atoms with Gasteiger partial charge in [-0.2, -0.15) is 10.1 Å². The van der Waals surface area contributed by atoms with Crippen LogP contribution in [0.5, 0.6) is 0 Å². The highest BCUT2D eigenvalue weighted by atomic mass is 16.5. The number of aryl methyl sites for hydroxylation is 1. The Hall–Kier alpha value is -2.22. The first-order valence-corrected chi connectivity index (χ1v) is 9.41. The molecule has 2 aliphatic rings. The number of rotatable bonds is 5. The summed E-state index contributed by atoms with van der Waals surface area (Å²) in [7, 11) is 1.65. The second-order valence-corrected chi connectivity index (χ2v) is 7.07. The molecule has 0 aliphatic carbocycles. The van der Waals surface area contributed by atoms with Crippen LogP contribution in [0.25, 0.3) is 0 Å². The van der Waals surface area contributed by atoms with Crippen molar-refractivity contribution in [1.29, 1.82) is 0 Å². The summed E-state index contributed by atoms with van der Waals surface area (Å²) in [4.78, 5) is 19.4. The van der Waals surface area contributed by atoms with Crippen LogP contribution in [-0.2, 0) is 24.1 Å². The smallest absolute Gasteiger partial charge is 0.257 e. The molecule has 1 amide bonds. The average molecular weight is 359 g/mol. The fourth-order valence-electron chi connectivity index (χ4n) is 3.86.